The van der Waals surface area contributed by atoms with Crippen LogP contribution in [-0.2, 0) is 0 Å². The summed E-state index contributed by atoms with van der Waals surface area (Å²) in [6, 6.07) is 6.51. The van der Waals surface area contributed by atoms with Crippen molar-refractivity contribution in [3.8, 4) is 17.0 Å². The summed E-state index contributed by atoms with van der Waals surface area (Å²) in [6.45, 7) is 4.48. The molecule has 0 atom stereocenters. The molecule has 0 bridgehead atoms. The molecule has 0 aliphatic carbocycles. The second kappa shape index (κ2) is 9.36. The van der Waals surface area contributed by atoms with Gasteiger partial charge in [-0.3, -0.25) is 4.98 Å². The Balaban J connectivity index is 1.93. The van der Waals surface area contributed by atoms with Crippen LogP contribution in [-0.4, -0.2) is 11.6 Å². The fourth-order valence-corrected chi connectivity index (χ4v) is 2.53. The molecule has 0 saturated carbocycles. The average Bonchev–Trinajstić information content (AvgIpc) is 2.59. The summed E-state index contributed by atoms with van der Waals surface area (Å²) in [5, 5.41) is 0. The van der Waals surface area contributed by atoms with E-state index in [1.807, 2.05) is 13.0 Å². The minimum Gasteiger partial charge on any atom is -0.490 e. The van der Waals surface area contributed by atoms with E-state index in [1.165, 1.54) is 31.4 Å². The van der Waals surface area contributed by atoms with Crippen molar-refractivity contribution in [2.75, 3.05) is 6.61 Å². The number of hydrogen-bond donors (Lipinski definition) is 0. The molecule has 0 saturated heterocycles. The summed E-state index contributed by atoms with van der Waals surface area (Å²) in [7, 11) is 0. The Bertz CT molecular complexity index is 641. The van der Waals surface area contributed by atoms with Gasteiger partial charge in [0.2, 0.25) is 5.82 Å². The molecule has 130 valence electrons. The first-order chi connectivity index (χ1) is 11.6. The maximum atomic E-state index is 14.3. The van der Waals surface area contributed by atoms with Gasteiger partial charge in [-0.2, -0.15) is 4.39 Å². The van der Waals surface area contributed by atoms with Crippen LogP contribution in [0.5, 0.6) is 5.75 Å². The summed E-state index contributed by atoms with van der Waals surface area (Å²) in [6.07, 6.45) is 8.37. The third-order valence-corrected chi connectivity index (χ3v) is 3.99. The normalized spacial score (nSPS) is 10.8. The number of nitrogens with zero attached hydrogens (tertiary/aromatic N) is 1. The lowest BCUT2D eigenvalue weighted by molar-refractivity contribution is 0.285. The summed E-state index contributed by atoms with van der Waals surface area (Å²) in [4.78, 5) is 4.14. The predicted molar refractivity (Wildman–Crippen MR) is 93.2 cm³/mol. The molecule has 2 aromatic rings. The van der Waals surface area contributed by atoms with Crippen LogP contribution in [0.2, 0.25) is 0 Å². The molecule has 1 heterocycles. The predicted octanol–water partition coefficient (Wildman–Crippen LogP) is 6.07. The van der Waals surface area contributed by atoms with Gasteiger partial charge in [0.15, 0.2) is 11.6 Å². The largest absolute Gasteiger partial charge is 0.490 e. The fraction of sp³-hybridized carbons (Fsp3) is 0.450. The van der Waals surface area contributed by atoms with Crippen LogP contribution in [0.15, 0.2) is 30.5 Å². The van der Waals surface area contributed by atoms with Gasteiger partial charge in [0.05, 0.1) is 12.3 Å². The van der Waals surface area contributed by atoms with Crippen LogP contribution in [0.25, 0.3) is 11.3 Å². The van der Waals surface area contributed by atoms with Gasteiger partial charge in [-0.05, 0) is 37.1 Å². The van der Waals surface area contributed by atoms with Crippen molar-refractivity contribution in [1.29, 1.82) is 0 Å². The molecule has 0 aliphatic heterocycles. The highest BCUT2D eigenvalue weighted by Crippen LogP contribution is 2.29. The molecule has 1 aromatic heterocycles. The molecular formula is C20H25F2NO. The van der Waals surface area contributed by atoms with Crippen LogP contribution in [0, 0.1) is 18.6 Å². The number of benzene rings is 1. The zero-order valence-corrected chi connectivity index (χ0v) is 14.4. The second-order valence-corrected chi connectivity index (χ2v) is 6.08. The monoisotopic (exact) mass is 333 g/mol. The molecule has 2 rings (SSSR count). The number of hydrogen-bond acceptors (Lipinski definition) is 2. The van der Waals surface area contributed by atoms with Gasteiger partial charge in [0, 0.05) is 11.8 Å². The SMILES string of the molecule is CCCCCCCCOc1ccc(-c2ccc(C)cn2)c(F)c1F. The molecular weight excluding hydrogens is 308 g/mol. The van der Waals surface area contributed by atoms with Gasteiger partial charge in [-0.25, -0.2) is 4.39 Å². The van der Waals surface area contributed by atoms with Crippen molar-refractivity contribution < 1.29 is 13.5 Å². The second-order valence-electron chi connectivity index (χ2n) is 6.08. The lowest BCUT2D eigenvalue weighted by Gasteiger charge is -2.10. The maximum absolute atomic E-state index is 14.3. The van der Waals surface area contributed by atoms with E-state index in [2.05, 4.69) is 11.9 Å². The standard InChI is InChI=1S/C20H25F2NO/c1-3-4-5-6-7-8-13-24-18-12-10-16(19(21)20(18)22)17-11-9-15(2)14-23-17/h9-12,14H,3-8,13H2,1-2H3. The van der Waals surface area contributed by atoms with E-state index in [9.17, 15) is 8.78 Å². The zero-order valence-electron chi connectivity index (χ0n) is 14.4. The lowest BCUT2D eigenvalue weighted by Crippen LogP contribution is -2.02. The molecule has 0 amide bonds. The number of halogens is 2. The molecule has 0 spiro atoms. The van der Waals surface area contributed by atoms with Crippen LogP contribution in [0.1, 0.15) is 51.0 Å². The lowest BCUT2D eigenvalue weighted by atomic mass is 10.1. The molecule has 0 radical (unpaired) electrons. The molecule has 24 heavy (non-hydrogen) atoms. The molecule has 0 aliphatic rings. The van der Waals surface area contributed by atoms with Crippen LogP contribution < -0.4 is 4.74 Å². The van der Waals surface area contributed by atoms with Gasteiger partial charge < -0.3 is 4.74 Å². The van der Waals surface area contributed by atoms with Crippen LogP contribution in [0.3, 0.4) is 0 Å². The summed E-state index contributed by atoms with van der Waals surface area (Å²) in [5.41, 5.74) is 1.54. The first kappa shape index (κ1) is 18.4. The molecule has 0 unspecified atom stereocenters. The number of pyridine rings is 1. The summed E-state index contributed by atoms with van der Waals surface area (Å²) < 4.78 is 33.8. The molecule has 1 aromatic carbocycles. The van der Waals surface area contributed by atoms with E-state index in [1.54, 1.807) is 12.3 Å². The molecule has 4 heteroatoms. The van der Waals surface area contributed by atoms with Crippen molar-refractivity contribution in [3.05, 3.63) is 47.7 Å². The minimum atomic E-state index is -0.944. The van der Waals surface area contributed by atoms with Crippen LogP contribution >= 0.6 is 0 Å². The molecule has 2 nitrogen and oxygen atoms in total. The van der Waals surface area contributed by atoms with Crippen molar-refractivity contribution in [1.82, 2.24) is 4.98 Å². The van der Waals surface area contributed by atoms with E-state index in [0.717, 1.165) is 24.8 Å². The van der Waals surface area contributed by atoms with E-state index in [4.69, 9.17) is 4.74 Å². The number of rotatable bonds is 9. The van der Waals surface area contributed by atoms with Crippen molar-refractivity contribution in [3.63, 3.8) is 0 Å². The van der Waals surface area contributed by atoms with Crippen LogP contribution in [0.4, 0.5) is 8.78 Å². The van der Waals surface area contributed by atoms with E-state index in [-0.39, 0.29) is 11.3 Å². The van der Waals surface area contributed by atoms with E-state index < -0.39 is 11.6 Å². The Morgan fingerprint density at radius 3 is 2.38 bits per heavy atom. The minimum absolute atomic E-state index is 0.0306. The van der Waals surface area contributed by atoms with Gasteiger partial charge in [-0.1, -0.05) is 45.1 Å². The smallest absolute Gasteiger partial charge is 0.201 e. The van der Waals surface area contributed by atoms with Crippen molar-refractivity contribution >= 4 is 0 Å². The van der Waals surface area contributed by atoms with Gasteiger partial charge in [0.25, 0.3) is 0 Å². The Morgan fingerprint density at radius 2 is 1.67 bits per heavy atom. The molecule has 0 N–H and O–H groups in total. The van der Waals surface area contributed by atoms with E-state index >= 15 is 0 Å². The highest BCUT2D eigenvalue weighted by Gasteiger charge is 2.16. The van der Waals surface area contributed by atoms with Crippen molar-refractivity contribution in [2.24, 2.45) is 0 Å². The number of ether oxygens (including phenoxy) is 1. The summed E-state index contributed by atoms with van der Waals surface area (Å²) in [5.74, 6) is -1.88. The number of unbranched alkanes of at least 4 members (excludes halogenated alkanes) is 5. The highest BCUT2D eigenvalue weighted by atomic mass is 19.2. The third kappa shape index (κ3) is 5.02. The number of aromatic nitrogens is 1. The summed E-state index contributed by atoms with van der Waals surface area (Å²) >= 11 is 0. The highest BCUT2D eigenvalue weighted by molar-refractivity contribution is 5.61. The van der Waals surface area contributed by atoms with Gasteiger partial charge in [-0.15, -0.1) is 0 Å². The zero-order chi connectivity index (χ0) is 17.4. The maximum Gasteiger partial charge on any atom is 0.201 e. The van der Waals surface area contributed by atoms with Crippen molar-refractivity contribution in [2.45, 2.75) is 52.4 Å². The third-order valence-electron chi connectivity index (χ3n) is 3.99. The fourth-order valence-electron chi connectivity index (χ4n) is 2.53. The van der Waals surface area contributed by atoms with E-state index in [0.29, 0.717) is 12.3 Å². The molecule has 0 fully saturated rings. The average molecular weight is 333 g/mol. The first-order valence-corrected chi connectivity index (χ1v) is 8.67. The Hall–Kier alpha value is -1.97. The Morgan fingerprint density at radius 1 is 0.917 bits per heavy atom. The van der Waals surface area contributed by atoms with Gasteiger partial charge >= 0.3 is 0 Å². The quantitative estimate of drug-likeness (QED) is 0.519. The van der Waals surface area contributed by atoms with Gasteiger partial charge in [0.1, 0.15) is 0 Å². The number of aryl methyl sites for hydroxylation is 1. The topological polar surface area (TPSA) is 22.1 Å². The Kier molecular flexibility index (Phi) is 7.16. The first-order valence-electron chi connectivity index (χ1n) is 8.67. The Labute approximate surface area is 142 Å².